The number of aromatic nitrogens is 5. The van der Waals surface area contributed by atoms with Gasteiger partial charge in [-0.1, -0.05) is 52.2 Å². The Morgan fingerprint density at radius 2 is 2.00 bits per heavy atom. The van der Waals surface area contributed by atoms with E-state index in [1.165, 1.54) is 31.7 Å². The topological polar surface area (TPSA) is 135 Å². The van der Waals surface area contributed by atoms with Gasteiger partial charge in [0.05, 0.1) is 23.3 Å². The SMILES string of the molecule is CC(=C(CCO)SSSCc1nnc2n1-c1ccc(Cl)cc1C(c1ccccc1Cl)=NC2)N(C=O)c1cnc(C)nc1N. The standard InChI is InChI=1S/C28H26Cl2N8O2S3/c1-16(37(15-40)23-12-32-17(2)34-28(23)31)24(9-10-39)42-43-41-14-26-36-35-25-13-33-27(19-5-3-4-6-21(19)30)20-11-18(29)7-8-22(20)38(25)26/h3-8,11-12,15,39H,9-10,13-14H2,1-2H3,(H2,31,32,34). The Bertz CT molecular complexity index is 1730. The number of fused-ring (bicyclic) bond motifs is 3. The minimum absolute atomic E-state index is 0.0811. The lowest BCUT2D eigenvalue weighted by molar-refractivity contribution is -0.107. The fraction of sp³-hybridized carbons (Fsp3) is 0.214. The summed E-state index contributed by atoms with van der Waals surface area (Å²) < 4.78 is 2.02. The van der Waals surface area contributed by atoms with Crippen LogP contribution in [0.3, 0.4) is 0 Å². The number of nitrogens with two attached hydrogens (primary N) is 1. The van der Waals surface area contributed by atoms with Crippen molar-refractivity contribution in [2.45, 2.75) is 32.6 Å². The number of amides is 1. The molecule has 15 heteroatoms. The number of benzene rings is 2. The van der Waals surface area contributed by atoms with Crippen LogP contribution in [0.15, 0.2) is 64.3 Å². The lowest BCUT2D eigenvalue weighted by atomic mass is 10.0. The van der Waals surface area contributed by atoms with Gasteiger partial charge in [0.15, 0.2) is 11.6 Å². The summed E-state index contributed by atoms with van der Waals surface area (Å²) in [7, 11) is 4.52. The van der Waals surface area contributed by atoms with Crippen molar-refractivity contribution >= 4 is 78.2 Å². The molecule has 3 heterocycles. The van der Waals surface area contributed by atoms with Gasteiger partial charge < -0.3 is 10.8 Å². The maximum absolute atomic E-state index is 12.1. The second-order valence-corrected chi connectivity index (χ2v) is 14.2. The molecule has 1 aliphatic heterocycles. The number of rotatable bonds is 11. The molecule has 5 rings (SSSR count). The van der Waals surface area contributed by atoms with Crippen LogP contribution in [0.1, 0.15) is 41.9 Å². The van der Waals surface area contributed by atoms with Gasteiger partial charge in [0.1, 0.15) is 23.9 Å². The highest BCUT2D eigenvalue weighted by Gasteiger charge is 2.24. The van der Waals surface area contributed by atoms with E-state index in [2.05, 4.69) is 20.2 Å². The predicted octanol–water partition coefficient (Wildman–Crippen LogP) is 6.41. The summed E-state index contributed by atoms with van der Waals surface area (Å²) in [6.45, 7) is 3.76. The summed E-state index contributed by atoms with van der Waals surface area (Å²) in [5.41, 5.74) is 10.3. The maximum atomic E-state index is 12.1. The van der Waals surface area contributed by atoms with E-state index in [1.54, 1.807) is 24.6 Å². The minimum atomic E-state index is -0.0811. The Morgan fingerprint density at radius 3 is 2.74 bits per heavy atom. The van der Waals surface area contributed by atoms with Gasteiger partial charge in [-0.25, -0.2) is 9.97 Å². The molecule has 3 N–H and O–H groups in total. The van der Waals surface area contributed by atoms with Gasteiger partial charge in [-0.3, -0.25) is 19.3 Å². The Kier molecular flexibility index (Phi) is 10.3. The monoisotopic (exact) mass is 672 g/mol. The van der Waals surface area contributed by atoms with E-state index in [1.807, 2.05) is 47.0 Å². The lowest BCUT2D eigenvalue weighted by Crippen LogP contribution is -2.22. The highest BCUT2D eigenvalue weighted by molar-refractivity contribution is 9.09. The second-order valence-electron chi connectivity index (χ2n) is 9.23. The molecule has 1 amide bonds. The third kappa shape index (κ3) is 6.87. The van der Waals surface area contributed by atoms with Crippen molar-refractivity contribution in [2.24, 2.45) is 4.99 Å². The molecule has 0 unspecified atom stereocenters. The van der Waals surface area contributed by atoms with Gasteiger partial charge in [-0.15, -0.1) is 10.2 Å². The molecule has 222 valence electrons. The van der Waals surface area contributed by atoms with E-state index in [4.69, 9.17) is 33.9 Å². The van der Waals surface area contributed by atoms with Crippen LogP contribution >= 0.6 is 54.6 Å². The van der Waals surface area contributed by atoms with Crippen molar-refractivity contribution in [1.82, 2.24) is 24.7 Å². The third-order valence-electron chi connectivity index (χ3n) is 6.52. The van der Waals surface area contributed by atoms with Gasteiger partial charge in [-0.05, 0) is 58.7 Å². The highest BCUT2D eigenvalue weighted by Crippen LogP contribution is 2.44. The molecule has 43 heavy (non-hydrogen) atoms. The van der Waals surface area contributed by atoms with Crippen molar-refractivity contribution < 1.29 is 9.90 Å². The number of aryl methyl sites for hydroxylation is 1. The predicted molar refractivity (Wildman–Crippen MR) is 178 cm³/mol. The number of aliphatic imine (C=N–C) groups is 1. The molecule has 0 saturated carbocycles. The van der Waals surface area contributed by atoms with Crippen molar-refractivity contribution in [3.05, 3.63) is 97.9 Å². The number of hydrogen-bond donors (Lipinski definition) is 2. The zero-order valence-electron chi connectivity index (χ0n) is 23.1. The molecule has 0 radical (unpaired) electrons. The molecule has 0 spiro atoms. The van der Waals surface area contributed by atoms with E-state index in [0.717, 1.165) is 33.3 Å². The Hall–Kier alpha value is -3.07. The normalized spacial score (nSPS) is 13.0. The molecule has 0 atom stereocenters. The molecule has 0 bridgehead atoms. The maximum Gasteiger partial charge on any atom is 0.218 e. The van der Waals surface area contributed by atoms with Crippen LogP contribution in [0.4, 0.5) is 11.5 Å². The largest absolute Gasteiger partial charge is 0.396 e. The second kappa shape index (κ2) is 14.1. The first-order valence-corrected chi connectivity index (χ1v) is 17.4. The number of halogens is 2. The van der Waals surface area contributed by atoms with Crippen LogP contribution in [-0.4, -0.2) is 48.6 Å². The number of allylic oxidation sites excluding steroid dienone is 1. The van der Waals surface area contributed by atoms with E-state index in [0.29, 0.717) is 58.2 Å². The van der Waals surface area contributed by atoms with Gasteiger partial charge in [-0.2, -0.15) is 0 Å². The first-order chi connectivity index (χ1) is 20.8. The number of carbonyl (C=O) groups excluding carboxylic acids is 1. The summed E-state index contributed by atoms with van der Waals surface area (Å²) in [5.74, 6) is 2.68. The third-order valence-corrected chi connectivity index (χ3v) is 11.3. The van der Waals surface area contributed by atoms with Crippen LogP contribution in [0.5, 0.6) is 0 Å². The van der Waals surface area contributed by atoms with Crippen molar-refractivity contribution in [3.63, 3.8) is 0 Å². The van der Waals surface area contributed by atoms with Crippen LogP contribution < -0.4 is 10.6 Å². The molecule has 2 aromatic carbocycles. The first-order valence-electron chi connectivity index (χ1n) is 13.0. The number of carbonyl (C=O) groups is 1. The van der Waals surface area contributed by atoms with Gasteiger partial charge in [0.25, 0.3) is 0 Å². The zero-order chi connectivity index (χ0) is 30.5. The van der Waals surface area contributed by atoms with Crippen molar-refractivity contribution in [3.8, 4) is 5.69 Å². The molecular formula is C28H26Cl2N8O2S3. The number of anilines is 2. The van der Waals surface area contributed by atoms with Crippen molar-refractivity contribution in [1.29, 1.82) is 0 Å². The average molecular weight is 674 g/mol. The quantitative estimate of drug-likeness (QED) is 0.104. The molecule has 10 nitrogen and oxygen atoms in total. The van der Waals surface area contributed by atoms with Crippen LogP contribution in [0.25, 0.3) is 5.69 Å². The number of aliphatic hydroxyl groups excluding tert-OH is 1. The van der Waals surface area contributed by atoms with Gasteiger partial charge in [0.2, 0.25) is 6.41 Å². The summed E-state index contributed by atoms with van der Waals surface area (Å²) in [6, 6.07) is 13.2. The summed E-state index contributed by atoms with van der Waals surface area (Å²) in [5, 5.41) is 19.8. The molecular weight excluding hydrogens is 647 g/mol. The summed E-state index contributed by atoms with van der Waals surface area (Å²) >= 11 is 13.0. The number of aliphatic hydroxyl groups is 1. The van der Waals surface area contributed by atoms with Crippen LogP contribution in [0.2, 0.25) is 10.0 Å². The molecule has 0 saturated heterocycles. The summed E-state index contributed by atoms with van der Waals surface area (Å²) in [6.07, 6.45) is 2.54. The highest BCUT2D eigenvalue weighted by atomic mass is 35.5. The van der Waals surface area contributed by atoms with Gasteiger partial charge in [0, 0.05) is 44.8 Å². The smallest absolute Gasteiger partial charge is 0.218 e. The Balaban J connectivity index is 1.36. The number of nitrogens with zero attached hydrogens (tertiary/aromatic N) is 7. The molecule has 4 aromatic rings. The van der Waals surface area contributed by atoms with E-state index >= 15 is 0 Å². The van der Waals surface area contributed by atoms with E-state index in [9.17, 15) is 9.90 Å². The lowest BCUT2D eigenvalue weighted by Gasteiger charge is -2.22. The minimum Gasteiger partial charge on any atom is -0.396 e. The first kappa shape index (κ1) is 31.4. The number of nitrogen functional groups attached to an aromatic ring is 1. The Morgan fingerprint density at radius 1 is 1.19 bits per heavy atom. The Labute approximate surface area is 270 Å². The molecule has 0 fully saturated rings. The number of hydrogen-bond acceptors (Lipinski definition) is 11. The van der Waals surface area contributed by atoms with Crippen molar-refractivity contribution in [2.75, 3.05) is 17.2 Å². The van der Waals surface area contributed by atoms with Crippen LogP contribution in [0, 0.1) is 6.92 Å². The fourth-order valence-electron chi connectivity index (χ4n) is 4.48. The molecule has 1 aliphatic rings. The fourth-order valence-corrected chi connectivity index (χ4v) is 8.81. The molecule has 2 aromatic heterocycles. The summed E-state index contributed by atoms with van der Waals surface area (Å²) in [4.78, 5) is 27.5. The zero-order valence-corrected chi connectivity index (χ0v) is 27.0. The van der Waals surface area contributed by atoms with Gasteiger partial charge >= 0.3 is 0 Å². The average Bonchev–Trinajstić information content (AvgIpc) is 3.32. The van der Waals surface area contributed by atoms with Crippen LogP contribution in [-0.2, 0) is 17.1 Å². The van der Waals surface area contributed by atoms with E-state index in [-0.39, 0.29) is 12.4 Å². The molecule has 0 aliphatic carbocycles. The van der Waals surface area contributed by atoms with E-state index < -0.39 is 0 Å².